The van der Waals surface area contributed by atoms with Crippen LogP contribution in [0, 0.1) is 0 Å². The Morgan fingerprint density at radius 1 is 1.39 bits per heavy atom. The summed E-state index contributed by atoms with van der Waals surface area (Å²) in [6.07, 6.45) is 3.95. The van der Waals surface area contributed by atoms with Crippen LogP contribution < -0.4 is 5.43 Å². The summed E-state index contributed by atoms with van der Waals surface area (Å²) in [5, 5.41) is 0.489. The monoisotopic (exact) mass is 244 g/mol. The van der Waals surface area contributed by atoms with Gasteiger partial charge in [0.05, 0.1) is 17.6 Å². The highest BCUT2D eigenvalue weighted by Crippen LogP contribution is 2.11. The molecule has 0 atom stereocenters. The van der Waals surface area contributed by atoms with Crippen molar-refractivity contribution in [3.8, 4) is 0 Å². The summed E-state index contributed by atoms with van der Waals surface area (Å²) in [5.74, 6) is -0.481. The van der Waals surface area contributed by atoms with Crippen molar-refractivity contribution in [3.63, 3.8) is 0 Å². The zero-order valence-electron chi connectivity index (χ0n) is 9.88. The van der Waals surface area contributed by atoms with E-state index in [0.29, 0.717) is 23.1 Å². The second-order valence-electron chi connectivity index (χ2n) is 3.60. The van der Waals surface area contributed by atoms with Crippen molar-refractivity contribution in [1.29, 1.82) is 0 Å². The lowest BCUT2D eigenvalue weighted by Crippen LogP contribution is -2.05. The van der Waals surface area contributed by atoms with E-state index in [1.807, 2.05) is 0 Å². The van der Waals surface area contributed by atoms with E-state index in [2.05, 4.69) is 0 Å². The summed E-state index contributed by atoms with van der Waals surface area (Å²) in [4.78, 5) is 23.2. The molecule has 0 aliphatic carbocycles. The fourth-order valence-corrected chi connectivity index (χ4v) is 1.56. The molecule has 0 bridgehead atoms. The van der Waals surface area contributed by atoms with Crippen LogP contribution in [-0.2, 0) is 9.53 Å². The van der Waals surface area contributed by atoms with E-state index in [4.69, 9.17) is 9.15 Å². The second-order valence-corrected chi connectivity index (χ2v) is 3.60. The van der Waals surface area contributed by atoms with Crippen molar-refractivity contribution in [2.24, 2.45) is 0 Å². The van der Waals surface area contributed by atoms with Crippen LogP contribution >= 0.6 is 0 Å². The van der Waals surface area contributed by atoms with Crippen LogP contribution in [0.2, 0.25) is 0 Å². The third kappa shape index (κ3) is 2.48. The van der Waals surface area contributed by atoms with Gasteiger partial charge >= 0.3 is 5.97 Å². The quantitative estimate of drug-likeness (QED) is 0.614. The van der Waals surface area contributed by atoms with Crippen LogP contribution in [0.3, 0.4) is 0 Å². The van der Waals surface area contributed by atoms with Gasteiger partial charge < -0.3 is 9.15 Å². The summed E-state index contributed by atoms with van der Waals surface area (Å²) >= 11 is 0. The normalized spacial score (nSPS) is 10.9. The number of benzene rings is 1. The minimum absolute atomic E-state index is 0.169. The summed E-state index contributed by atoms with van der Waals surface area (Å²) < 4.78 is 10.0. The lowest BCUT2D eigenvalue weighted by atomic mass is 10.1. The van der Waals surface area contributed by atoms with Crippen molar-refractivity contribution in [2.45, 2.75) is 6.92 Å². The molecule has 18 heavy (non-hydrogen) atoms. The molecule has 0 radical (unpaired) electrons. The lowest BCUT2D eigenvalue weighted by Gasteiger charge is -1.98. The van der Waals surface area contributed by atoms with E-state index in [0.717, 1.165) is 0 Å². The summed E-state index contributed by atoms with van der Waals surface area (Å²) in [6.45, 7) is 2.02. The van der Waals surface area contributed by atoms with E-state index in [1.165, 1.54) is 18.4 Å². The summed E-state index contributed by atoms with van der Waals surface area (Å²) in [7, 11) is 0. The highest BCUT2D eigenvalue weighted by atomic mass is 16.5. The van der Waals surface area contributed by atoms with Gasteiger partial charge in [0.15, 0.2) is 5.43 Å². The van der Waals surface area contributed by atoms with Gasteiger partial charge in [0, 0.05) is 6.08 Å². The maximum atomic E-state index is 12.0. The fraction of sp³-hybridized carbons (Fsp3) is 0.143. The SMILES string of the molecule is CCOC(=O)/C=C/c1coc2ccccc2c1=O. The lowest BCUT2D eigenvalue weighted by molar-refractivity contribution is -0.137. The molecular formula is C14H12O4. The number of hydrogen-bond donors (Lipinski definition) is 0. The van der Waals surface area contributed by atoms with E-state index in [1.54, 1.807) is 31.2 Å². The highest BCUT2D eigenvalue weighted by molar-refractivity contribution is 5.88. The van der Waals surface area contributed by atoms with E-state index in [9.17, 15) is 9.59 Å². The van der Waals surface area contributed by atoms with Crippen molar-refractivity contribution in [1.82, 2.24) is 0 Å². The van der Waals surface area contributed by atoms with E-state index >= 15 is 0 Å². The first-order valence-corrected chi connectivity index (χ1v) is 5.57. The van der Waals surface area contributed by atoms with Gasteiger partial charge in [-0.2, -0.15) is 0 Å². The maximum absolute atomic E-state index is 12.0. The van der Waals surface area contributed by atoms with E-state index < -0.39 is 5.97 Å². The van der Waals surface area contributed by atoms with Crippen molar-refractivity contribution < 1.29 is 13.9 Å². The third-order valence-corrected chi connectivity index (χ3v) is 2.39. The van der Waals surface area contributed by atoms with Gasteiger partial charge in [-0.15, -0.1) is 0 Å². The molecule has 4 heteroatoms. The molecule has 2 aromatic rings. The van der Waals surface area contributed by atoms with Crippen molar-refractivity contribution in [2.75, 3.05) is 6.61 Å². The van der Waals surface area contributed by atoms with Crippen LogP contribution in [0.1, 0.15) is 12.5 Å². The standard InChI is InChI=1S/C14H12O4/c1-2-17-13(15)8-7-10-9-18-12-6-4-3-5-11(12)14(10)16/h3-9H,2H2,1H3/b8-7+. The average Bonchev–Trinajstić information content (AvgIpc) is 2.39. The fourth-order valence-electron chi connectivity index (χ4n) is 1.56. The molecule has 0 unspecified atom stereocenters. The third-order valence-electron chi connectivity index (χ3n) is 2.39. The molecule has 1 aromatic heterocycles. The summed E-state index contributed by atoms with van der Waals surface area (Å²) in [6, 6.07) is 6.95. The van der Waals surface area contributed by atoms with Crippen molar-refractivity contribution in [3.05, 3.63) is 52.4 Å². The minimum atomic E-state index is -0.481. The molecule has 0 fully saturated rings. The highest BCUT2D eigenvalue weighted by Gasteiger charge is 2.04. The van der Waals surface area contributed by atoms with E-state index in [-0.39, 0.29) is 5.43 Å². The van der Waals surface area contributed by atoms with Crippen molar-refractivity contribution >= 4 is 23.0 Å². The first-order valence-electron chi connectivity index (χ1n) is 5.57. The molecule has 1 heterocycles. The molecule has 0 amide bonds. The number of para-hydroxylation sites is 1. The second kappa shape index (κ2) is 5.31. The zero-order valence-corrected chi connectivity index (χ0v) is 9.88. The first kappa shape index (κ1) is 12.1. The Balaban J connectivity index is 2.38. The molecule has 0 aliphatic heterocycles. The molecule has 0 N–H and O–H groups in total. The molecule has 0 saturated heterocycles. The molecule has 0 aliphatic rings. The Morgan fingerprint density at radius 3 is 2.94 bits per heavy atom. The predicted octanol–water partition coefficient (Wildman–Crippen LogP) is 2.37. The van der Waals surface area contributed by atoms with Gasteiger partial charge in [-0.25, -0.2) is 4.79 Å². The number of rotatable bonds is 3. The first-order chi connectivity index (χ1) is 8.72. The van der Waals surface area contributed by atoms with Crippen LogP contribution in [0.25, 0.3) is 17.0 Å². The van der Waals surface area contributed by atoms with Crippen LogP contribution in [0.4, 0.5) is 0 Å². The zero-order chi connectivity index (χ0) is 13.0. The molecule has 0 spiro atoms. The molecule has 4 nitrogen and oxygen atoms in total. The van der Waals surface area contributed by atoms with Gasteiger partial charge in [0.2, 0.25) is 0 Å². The molecule has 2 rings (SSSR count). The molecular weight excluding hydrogens is 232 g/mol. The Bertz CT molecular complexity index is 652. The Hall–Kier alpha value is -2.36. The van der Waals surface area contributed by atoms with Gasteiger partial charge in [0.25, 0.3) is 0 Å². The average molecular weight is 244 g/mol. The summed E-state index contributed by atoms with van der Waals surface area (Å²) in [5.41, 5.74) is 0.676. The molecule has 0 saturated carbocycles. The maximum Gasteiger partial charge on any atom is 0.330 e. The van der Waals surface area contributed by atoms with Crippen LogP contribution in [0.15, 0.2) is 45.8 Å². The number of fused-ring (bicyclic) bond motifs is 1. The Morgan fingerprint density at radius 2 is 2.17 bits per heavy atom. The van der Waals surface area contributed by atoms with Crippen LogP contribution in [-0.4, -0.2) is 12.6 Å². The molecule has 92 valence electrons. The number of ether oxygens (including phenoxy) is 1. The topological polar surface area (TPSA) is 56.5 Å². The Kier molecular flexibility index (Phi) is 3.57. The van der Waals surface area contributed by atoms with Crippen LogP contribution in [0.5, 0.6) is 0 Å². The number of hydrogen-bond acceptors (Lipinski definition) is 4. The predicted molar refractivity (Wildman–Crippen MR) is 68.2 cm³/mol. The van der Waals surface area contributed by atoms with Gasteiger partial charge in [-0.3, -0.25) is 4.79 Å². The smallest absolute Gasteiger partial charge is 0.330 e. The molecule has 1 aromatic carbocycles. The van der Waals surface area contributed by atoms with Gasteiger partial charge in [0.1, 0.15) is 11.8 Å². The number of esters is 1. The van der Waals surface area contributed by atoms with Gasteiger partial charge in [-0.05, 0) is 25.1 Å². The minimum Gasteiger partial charge on any atom is -0.463 e. The van der Waals surface area contributed by atoms with Gasteiger partial charge in [-0.1, -0.05) is 12.1 Å². The Labute approximate surface area is 103 Å². The largest absolute Gasteiger partial charge is 0.463 e. The number of carbonyl (C=O) groups is 1. The number of carbonyl (C=O) groups excluding carboxylic acids is 1.